The molecular formula is C29H31N3O4. The number of carbonyl (C=O) groups excluding carboxylic acids is 3. The molecule has 0 unspecified atom stereocenters. The van der Waals surface area contributed by atoms with Crippen LogP contribution in [0.15, 0.2) is 72.8 Å². The third-order valence-corrected chi connectivity index (χ3v) is 6.33. The number of hydrogen-bond donors (Lipinski definition) is 2. The molecule has 7 heteroatoms. The lowest BCUT2D eigenvalue weighted by molar-refractivity contribution is -0.126. The summed E-state index contributed by atoms with van der Waals surface area (Å²) in [6.45, 7) is 4.66. The standard InChI is InChI=1S/C29H31N3O4/c1-3-22-11-7-8-20(2)28(22)31-26(33)19-36-25-14-12-24(13-15-25)32-18-23(16-27(32)34)29(35)30-17-21-9-5-4-6-10-21/h4-15,23H,3,16-19H2,1-2H3,(H,30,35)(H,31,33)/t23-/m1/s1. The Labute approximate surface area is 211 Å². The van der Waals surface area contributed by atoms with Gasteiger partial charge in [-0.25, -0.2) is 0 Å². The summed E-state index contributed by atoms with van der Waals surface area (Å²) in [4.78, 5) is 39.2. The molecule has 0 saturated carbocycles. The Bertz CT molecular complexity index is 1230. The Hall–Kier alpha value is -4.13. The fraction of sp³-hybridized carbons (Fsp3) is 0.276. The van der Waals surface area contributed by atoms with Crippen LogP contribution in [-0.4, -0.2) is 30.9 Å². The molecule has 3 amide bonds. The normalized spacial score (nSPS) is 15.0. The van der Waals surface area contributed by atoms with E-state index in [-0.39, 0.29) is 30.7 Å². The monoisotopic (exact) mass is 485 g/mol. The van der Waals surface area contributed by atoms with Crippen molar-refractivity contribution in [3.05, 3.63) is 89.5 Å². The van der Waals surface area contributed by atoms with E-state index in [1.54, 1.807) is 29.2 Å². The van der Waals surface area contributed by atoms with Crippen LogP contribution in [0.3, 0.4) is 0 Å². The topological polar surface area (TPSA) is 87.7 Å². The first kappa shape index (κ1) is 25.0. The highest BCUT2D eigenvalue weighted by Gasteiger charge is 2.35. The zero-order valence-electron chi connectivity index (χ0n) is 20.6. The lowest BCUT2D eigenvalue weighted by atomic mass is 10.1. The molecule has 0 bridgehead atoms. The van der Waals surface area contributed by atoms with E-state index in [1.165, 1.54) is 0 Å². The van der Waals surface area contributed by atoms with Crippen LogP contribution in [0.1, 0.15) is 30.0 Å². The first-order chi connectivity index (χ1) is 17.4. The molecule has 0 spiro atoms. The molecule has 1 heterocycles. The third kappa shape index (κ3) is 6.10. The smallest absolute Gasteiger partial charge is 0.262 e. The van der Waals surface area contributed by atoms with Crippen molar-refractivity contribution in [2.75, 3.05) is 23.4 Å². The highest BCUT2D eigenvalue weighted by atomic mass is 16.5. The van der Waals surface area contributed by atoms with Crippen molar-refractivity contribution in [3.63, 3.8) is 0 Å². The number of aryl methyl sites for hydroxylation is 2. The zero-order chi connectivity index (χ0) is 25.5. The summed E-state index contributed by atoms with van der Waals surface area (Å²) >= 11 is 0. The van der Waals surface area contributed by atoms with Crippen molar-refractivity contribution in [1.29, 1.82) is 0 Å². The number of para-hydroxylation sites is 1. The van der Waals surface area contributed by atoms with Crippen LogP contribution in [0.5, 0.6) is 5.75 Å². The molecule has 1 atom stereocenters. The lowest BCUT2D eigenvalue weighted by Crippen LogP contribution is -2.32. The summed E-state index contributed by atoms with van der Waals surface area (Å²) < 4.78 is 5.65. The van der Waals surface area contributed by atoms with Gasteiger partial charge in [0.1, 0.15) is 5.75 Å². The van der Waals surface area contributed by atoms with Crippen LogP contribution in [-0.2, 0) is 27.3 Å². The molecule has 186 valence electrons. The molecule has 1 fully saturated rings. The second kappa shape index (κ2) is 11.5. The first-order valence-corrected chi connectivity index (χ1v) is 12.2. The van der Waals surface area contributed by atoms with E-state index in [0.29, 0.717) is 24.5 Å². The van der Waals surface area contributed by atoms with Crippen molar-refractivity contribution in [2.45, 2.75) is 33.2 Å². The van der Waals surface area contributed by atoms with Crippen LogP contribution < -0.4 is 20.3 Å². The molecule has 7 nitrogen and oxygen atoms in total. The second-order valence-electron chi connectivity index (χ2n) is 8.90. The van der Waals surface area contributed by atoms with E-state index in [9.17, 15) is 14.4 Å². The number of amides is 3. The van der Waals surface area contributed by atoms with Gasteiger partial charge in [-0.05, 0) is 54.3 Å². The van der Waals surface area contributed by atoms with Gasteiger partial charge in [-0.15, -0.1) is 0 Å². The highest BCUT2D eigenvalue weighted by Crippen LogP contribution is 2.27. The van der Waals surface area contributed by atoms with Crippen molar-refractivity contribution < 1.29 is 19.1 Å². The molecular weight excluding hydrogens is 454 g/mol. The second-order valence-corrected chi connectivity index (χ2v) is 8.90. The van der Waals surface area contributed by atoms with Gasteiger partial charge in [0.15, 0.2) is 6.61 Å². The minimum atomic E-state index is -0.393. The minimum absolute atomic E-state index is 0.0899. The molecule has 36 heavy (non-hydrogen) atoms. The van der Waals surface area contributed by atoms with Gasteiger partial charge in [-0.2, -0.15) is 0 Å². The van der Waals surface area contributed by atoms with Crippen molar-refractivity contribution in [2.24, 2.45) is 5.92 Å². The number of rotatable bonds is 9. The predicted octanol–water partition coefficient (Wildman–Crippen LogP) is 4.24. The number of anilines is 2. The van der Waals surface area contributed by atoms with E-state index >= 15 is 0 Å². The van der Waals surface area contributed by atoms with Gasteiger partial charge in [-0.3, -0.25) is 14.4 Å². The maximum atomic E-state index is 12.6. The van der Waals surface area contributed by atoms with Gasteiger partial charge in [0.05, 0.1) is 5.92 Å². The quantitative estimate of drug-likeness (QED) is 0.475. The van der Waals surface area contributed by atoms with Gasteiger partial charge in [0.2, 0.25) is 11.8 Å². The summed E-state index contributed by atoms with van der Waals surface area (Å²) in [6.07, 6.45) is 1.00. The Morgan fingerprint density at radius 2 is 1.75 bits per heavy atom. The number of benzene rings is 3. The fourth-order valence-electron chi connectivity index (χ4n) is 4.31. The van der Waals surface area contributed by atoms with Crippen LogP contribution >= 0.6 is 0 Å². The van der Waals surface area contributed by atoms with Crippen LogP contribution in [0, 0.1) is 12.8 Å². The number of nitrogens with one attached hydrogen (secondary N) is 2. The van der Waals surface area contributed by atoms with E-state index in [0.717, 1.165) is 28.8 Å². The highest BCUT2D eigenvalue weighted by molar-refractivity contribution is 6.00. The predicted molar refractivity (Wildman–Crippen MR) is 140 cm³/mol. The molecule has 0 aromatic heterocycles. The first-order valence-electron chi connectivity index (χ1n) is 12.2. The van der Waals surface area contributed by atoms with Crippen LogP contribution in [0.4, 0.5) is 11.4 Å². The SMILES string of the molecule is CCc1cccc(C)c1NC(=O)COc1ccc(N2C[C@H](C(=O)NCc3ccccc3)CC2=O)cc1. The average molecular weight is 486 g/mol. The molecule has 3 aromatic rings. The Morgan fingerprint density at radius 3 is 2.47 bits per heavy atom. The average Bonchev–Trinajstić information content (AvgIpc) is 3.29. The van der Waals surface area contributed by atoms with E-state index in [2.05, 4.69) is 10.6 Å². The van der Waals surface area contributed by atoms with Gasteiger partial charge in [0, 0.05) is 30.9 Å². The summed E-state index contributed by atoms with van der Waals surface area (Å²) in [5, 5.41) is 5.87. The van der Waals surface area contributed by atoms with Gasteiger partial charge in [0.25, 0.3) is 5.91 Å². The Morgan fingerprint density at radius 1 is 1.00 bits per heavy atom. The number of carbonyl (C=O) groups is 3. The molecule has 0 aliphatic carbocycles. The largest absolute Gasteiger partial charge is 0.484 e. The zero-order valence-corrected chi connectivity index (χ0v) is 20.6. The van der Waals surface area contributed by atoms with E-state index in [4.69, 9.17) is 4.74 Å². The Kier molecular flexibility index (Phi) is 8.00. The number of ether oxygens (including phenoxy) is 1. The maximum Gasteiger partial charge on any atom is 0.262 e. The van der Waals surface area contributed by atoms with Crippen molar-refractivity contribution >= 4 is 29.1 Å². The fourth-order valence-corrected chi connectivity index (χ4v) is 4.31. The molecule has 0 radical (unpaired) electrons. The van der Waals surface area contributed by atoms with Crippen molar-refractivity contribution in [1.82, 2.24) is 5.32 Å². The van der Waals surface area contributed by atoms with Crippen LogP contribution in [0.2, 0.25) is 0 Å². The van der Waals surface area contributed by atoms with Gasteiger partial charge < -0.3 is 20.3 Å². The molecule has 2 N–H and O–H groups in total. The summed E-state index contributed by atoms with van der Waals surface area (Å²) in [7, 11) is 0. The number of nitrogens with zero attached hydrogens (tertiary/aromatic N) is 1. The minimum Gasteiger partial charge on any atom is -0.484 e. The Balaban J connectivity index is 1.28. The third-order valence-electron chi connectivity index (χ3n) is 6.33. The number of hydrogen-bond acceptors (Lipinski definition) is 4. The molecule has 4 rings (SSSR count). The van der Waals surface area contributed by atoms with Crippen molar-refractivity contribution in [3.8, 4) is 5.75 Å². The molecule has 1 aliphatic heterocycles. The van der Waals surface area contributed by atoms with Crippen LogP contribution in [0.25, 0.3) is 0 Å². The lowest BCUT2D eigenvalue weighted by Gasteiger charge is -2.17. The summed E-state index contributed by atoms with van der Waals surface area (Å²) in [5.74, 6) is -0.316. The van der Waals surface area contributed by atoms with E-state index < -0.39 is 5.92 Å². The van der Waals surface area contributed by atoms with Gasteiger partial charge >= 0.3 is 0 Å². The maximum absolute atomic E-state index is 12.6. The van der Waals surface area contributed by atoms with E-state index in [1.807, 2.05) is 62.4 Å². The van der Waals surface area contributed by atoms with Gasteiger partial charge in [-0.1, -0.05) is 55.5 Å². The summed E-state index contributed by atoms with van der Waals surface area (Å²) in [6, 6.07) is 22.6. The summed E-state index contributed by atoms with van der Waals surface area (Å²) in [5.41, 5.74) is 4.63. The molecule has 3 aromatic carbocycles. The molecule has 1 saturated heterocycles. The molecule has 1 aliphatic rings.